The van der Waals surface area contributed by atoms with Crippen LogP contribution in [-0.4, -0.2) is 66.3 Å². The fraction of sp³-hybridized carbons (Fsp3) is 1.00. The maximum Gasteiger partial charge on any atom is 0.379 e. The van der Waals surface area contributed by atoms with Crippen LogP contribution in [0, 0.1) is 0 Å². The van der Waals surface area contributed by atoms with Crippen molar-refractivity contribution >= 4 is 0 Å². The molecular weight excluding hydrogens is 256 g/mol. The molecule has 0 spiro atoms. The van der Waals surface area contributed by atoms with E-state index in [9.17, 15) is 13.2 Å². The molecular formula is C7H13CoF3N4. The summed E-state index contributed by atoms with van der Waals surface area (Å²) < 4.78 is 29.0. The summed E-state index contributed by atoms with van der Waals surface area (Å²) >= 11 is 0. The van der Waals surface area contributed by atoms with E-state index in [1.807, 2.05) is 0 Å². The molecule has 8 heteroatoms. The largest absolute Gasteiger partial charge is 0.379 e. The third kappa shape index (κ3) is 3.57. The van der Waals surface area contributed by atoms with Gasteiger partial charge < -0.3 is 0 Å². The van der Waals surface area contributed by atoms with Crippen LogP contribution in [0.1, 0.15) is 0 Å². The van der Waals surface area contributed by atoms with Crippen molar-refractivity contribution in [2.45, 2.75) is 6.68 Å². The molecule has 4 aliphatic heterocycles. The average molecular weight is 269 g/mol. The van der Waals surface area contributed by atoms with Crippen molar-refractivity contribution in [3.8, 4) is 0 Å². The van der Waals surface area contributed by atoms with E-state index < -0.39 is 6.68 Å². The summed E-state index contributed by atoms with van der Waals surface area (Å²) in [4.78, 5) is 9.88. The van der Waals surface area contributed by atoms with E-state index in [0.717, 1.165) is 0 Å². The molecule has 4 bridgehead atoms. The van der Waals surface area contributed by atoms with Gasteiger partial charge in [0, 0.05) is 16.8 Å². The van der Waals surface area contributed by atoms with Crippen LogP contribution in [0.3, 0.4) is 0 Å². The van der Waals surface area contributed by atoms with Crippen LogP contribution in [0.25, 0.3) is 0 Å². The van der Waals surface area contributed by atoms with Crippen molar-refractivity contribution in [3.63, 3.8) is 0 Å². The predicted molar refractivity (Wildman–Crippen MR) is 43.7 cm³/mol. The molecule has 0 unspecified atom stereocenters. The number of hydrogen-bond acceptors (Lipinski definition) is 4. The fourth-order valence-electron chi connectivity index (χ4n) is 2.23. The predicted octanol–water partition coefficient (Wildman–Crippen LogP) is 0.156. The molecule has 0 amide bonds. The Labute approximate surface area is 96.8 Å². The first kappa shape index (κ1) is 13.2. The van der Waals surface area contributed by atoms with E-state index >= 15 is 0 Å². The summed E-state index contributed by atoms with van der Waals surface area (Å²) in [7, 11) is 0. The molecule has 0 aromatic heterocycles. The Morgan fingerprint density at radius 1 is 0.600 bits per heavy atom. The fourth-order valence-corrected chi connectivity index (χ4v) is 2.23. The van der Waals surface area contributed by atoms with Crippen LogP contribution in [0.5, 0.6) is 0 Å². The van der Waals surface area contributed by atoms with Gasteiger partial charge in [-0.25, -0.2) is 0 Å². The van der Waals surface area contributed by atoms with Gasteiger partial charge in [0.05, 0.1) is 40.0 Å². The van der Waals surface area contributed by atoms with E-state index in [2.05, 4.69) is 19.6 Å². The summed E-state index contributed by atoms with van der Waals surface area (Å²) in [5.41, 5.74) is 0. The first-order chi connectivity index (χ1) is 6.63. The van der Waals surface area contributed by atoms with Gasteiger partial charge in [-0.15, -0.1) is 0 Å². The average Bonchev–Trinajstić information content (AvgIpc) is 1.98. The van der Waals surface area contributed by atoms with E-state index in [1.54, 1.807) is 0 Å². The third-order valence-electron chi connectivity index (χ3n) is 2.40. The second kappa shape index (κ2) is 5.46. The molecule has 4 saturated heterocycles. The maximum absolute atomic E-state index is 9.67. The van der Waals surface area contributed by atoms with Gasteiger partial charge in [0.1, 0.15) is 0 Å². The van der Waals surface area contributed by atoms with Crippen LogP contribution in [0.4, 0.5) is 13.2 Å². The van der Waals surface area contributed by atoms with Crippen LogP contribution >= 0.6 is 0 Å². The van der Waals surface area contributed by atoms with E-state index in [0.29, 0.717) is 0 Å². The smallest absolute Gasteiger partial charge is 0.264 e. The topological polar surface area (TPSA) is 13.0 Å². The van der Waals surface area contributed by atoms with Gasteiger partial charge in [-0.3, -0.25) is 19.6 Å². The molecule has 0 N–H and O–H groups in total. The Kier molecular flexibility index (Phi) is 4.81. The number of alkyl halides is 3. The van der Waals surface area contributed by atoms with E-state index in [1.165, 1.54) is 40.0 Å². The Hall–Kier alpha value is 0.136. The standard InChI is InChI=1S/C6H12N4.CHF3.Co/c1-7-2-9-4-8(1)5-10(3-7)6-9;2-1(3)4;/h1-6H2;1H;. The molecule has 0 saturated carbocycles. The van der Waals surface area contributed by atoms with Crippen LogP contribution in [-0.2, 0) is 16.8 Å². The minimum absolute atomic E-state index is 0. The molecule has 0 aromatic carbocycles. The first-order valence-electron chi connectivity index (χ1n) is 4.45. The number of hydrogen-bond donors (Lipinski definition) is 0. The second-order valence-electron chi connectivity index (χ2n) is 3.78. The van der Waals surface area contributed by atoms with Crippen molar-refractivity contribution in [3.05, 3.63) is 0 Å². The molecule has 4 heterocycles. The molecule has 4 fully saturated rings. The van der Waals surface area contributed by atoms with E-state index in [-0.39, 0.29) is 16.8 Å². The van der Waals surface area contributed by atoms with Crippen molar-refractivity contribution in [1.82, 2.24) is 19.6 Å². The zero-order valence-electron chi connectivity index (χ0n) is 8.08. The molecule has 1 radical (unpaired) electrons. The normalized spacial score (nSPS) is 40.8. The Balaban J connectivity index is 0.000000200. The summed E-state index contributed by atoms with van der Waals surface area (Å²) in [5, 5.41) is 0. The van der Waals surface area contributed by atoms with Gasteiger partial charge in [-0.2, -0.15) is 13.2 Å². The number of halogens is 3. The number of rotatable bonds is 0. The van der Waals surface area contributed by atoms with Crippen molar-refractivity contribution < 1.29 is 30.0 Å². The van der Waals surface area contributed by atoms with Gasteiger partial charge in [0.2, 0.25) is 0 Å². The molecule has 0 atom stereocenters. The van der Waals surface area contributed by atoms with Crippen molar-refractivity contribution in [2.24, 2.45) is 0 Å². The third-order valence-corrected chi connectivity index (χ3v) is 2.40. The summed E-state index contributed by atoms with van der Waals surface area (Å²) in [6.07, 6.45) is 0. The Morgan fingerprint density at radius 3 is 0.867 bits per heavy atom. The van der Waals surface area contributed by atoms with Crippen molar-refractivity contribution in [1.29, 1.82) is 0 Å². The van der Waals surface area contributed by atoms with Crippen LogP contribution in [0.2, 0.25) is 0 Å². The molecule has 15 heavy (non-hydrogen) atoms. The molecule has 4 aliphatic rings. The van der Waals surface area contributed by atoms with Crippen LogP contribution in [0.15, 0.2) is 0 Å². The SMILES string of the molecule is C1N2CN3CN1CN(C2)C3.FC(F)F.[Co]. The first-order valence-corrected chi connectivity index (χ1v) is 4.45. The second-order valence-corrected chi connectivity index (χ2v) is 3.78. The molecule has 4 nitrogen and oxygen atoms in total. The van der Waals surface area contributed by atoms with Gasteiger partial charge in [-0.1, -0.05) is 0 Å². The minimum Gasteiger partial charge on any atom is -0.264 e. The van der Waals surface area contributed by atoms with Gasteiger partial charge >= 0.3 is 6.68 Å². The Bertz CT molecular complexity index is 147. The molecule has 0 aromatic rings. The Morgan fingerprint density at radius 2 is 0.733 bits per heavy atom. The van der Waals surface area contributed by atoms with Gasteiger partial charge in [0.15, 0.2) is 0 Å². The minimum atomic E-state index is -3.67. The summed E-state index contributed by atoms with van der Waals surface area (Å²) in [6, 6.07) is 0. The quantitative estimate of drug-likeness (QED) is 0.621. The summed E-state index contributed by atoms with van der Waals surface area (Å²) in [5.74, 6) is 0. The summed E-state index contributed by atoms with van der Waals surface area (Å²) in [6.45, 7) is 3.46. The number of nitrogens with zero attached hydrogens (tertiary/aromatic N) is 4. The van der Waals surface area contributed by atoms with Crippen LogP contribution < -0.4 is 0 Å². The van der Waals surface area contributed by atoms with Gasteiger partial charge in [0.25, 0.3) is 0 Å². The zero-order chi connectivity index (χ0) is 10.1. The zero-order valence-corrected chi connectivity index (χ0v) is 9.12. The van der Waals surface area contributed by atoms with E-state index in [4.69, 9.17) is 0 Å². The molecule has 0 aliphatic carbocycles. The monoisotopic (exact) mass is 269 g/mol. The van der Waals surface area contributed by atoms with Crippen molar-refractivity contribution in [2.75, 3.05) is 40.0 Å². The van der Waals surface area contributed by atoms with Gasteiger partial charge in [-0.05, 0) is 0 Å². The maximum atomic E-state index is 9.67. The molecule has 91 valence electrons. The molecule has 4 rings (SSSR count).